The molecule has 0 fully saturated rings. The summed E-state index contributed by atoms with van der Waals surface area (Å²) in [6, 6.07) is 6.76. The molecule has 1 atom stereocenters. The highest BCUT2D eigenvalue weighted by atomic mass is 16.5. The number of carbonyl (C=O) groups excluding carboxylic acids is 1. The first-order valence-electron chi connectivity index (χ1n) is 5.01. The molecular formula is C12H16N2O2. The van der Waals surface area contributed by atoms with Crippen molar-refractivity contribution in [3.05, 3.63) is 42.5 Å². The van der Waals surface area contributed by atoms with Crippen molar-refractivity contribution >= 4 is 5.91 Å². The SMILES string of the molecule is C=CCc1ccccc1OCC(N)C(N)=O. The molecule has 0 bridgehead atoms. The summed E-state index contributed by atoms with van der Waals surface area (Å²) in [5, 5.41) is 0. The highest BCUT2D eigenvalue weighted by molar-refractivity contribution is 5.79. The van der Waals surface area contributed by atoms with Crippen molar-refractivity contribution in [2.24, 2.45) is 11.5 Å². The van der Waals surface area contributed by atoms with Gasteiger partial charge in [-0.1, -0.05) is 24.3 Å². The molecule has 16 heavy (non-hydrogen) atoms. The summed E-state index contributed by atoms with van der Waals surface area (Å²) in [6.07, 6.45) is 2.50. The van der Waals surface area contributed by atoms with Gasteiger partial charge in [0.15, 0.2) is 0 Å². The Kier molecular flexibility index (Phi) is 4.54. The molecule has 0 aliphatic rings. The monoisotopic (exact) mass is 220 g/mol. The molecule has 4 heteroatoms. The Morgan fingerprint density at radius 1 is 1.50 bits per heavy atom. The fourth-order valence-corrected chi connectivity index (χ4v) is 1.23. The Labute approximate surface area is 94.9 Å². The van der Waals surface area contributed by atoms with Gasteiger partial charge >= 0.3 is 0 Å². The van der Waals surface area contributed by atoms with Crippen molar-refractivity contribution in [2.45, 2.75) is 12.5 Å². The third kappa shape index (κ3) is 3.40. The van der Waals surface area contributed by atoms with Crippen LogP contribution < -0.4 is 16.2 Å². The number of para-hydroxylation sites is 1. The maximum atomic E-state index is 10.7. The lowest BCUT2D eigenvalue weighted by Crippen LogP contribution is -2.41. The molecule has 1 unspecified atom stereocenters. The first-order valence-corrected chi connectivity index (χ1v) is 5.01. The lowest BCUT2D eigenvalue weighted by molar-refractivity contribution is -0.119. The quantitative estimate of drug-likeness (QED) is 0.689. The first kappa shape index (κ1) is 12.3. The van der Waals surface area contributed by atoms with E-state index in [1.165, 1.54) is 0 Å². The number of rotatable bonds is 6. The van der Waals surface area contributed by atoms with Gasteiger partial charge in [-0.05, 0) is 18.1 Å². The summed E-state index contributed by atoms with van der Waals surface area (Å²) in [4.78, 5) is 10.7. The molecule has 0 radical (unpaired) electrons. The second kappa shape index (κ2) is 5.92. The van der Waals surface area contributed by atoms with Crippen LogP contribution in [-0.2, 0) is 11.2 Å². The number of primary amides is 1. The lowest BCUT2D eigenvalue weighted by atomic mass is 10.1. The average Bonchev–Trinajstić information content (AvgIpc) is 2.27. The summed E-state index contributed by atoms with van der Waals surface area (Å²) in [6.45, 7) is 3.75. The number of ether oxygens (including phenoxy) is 1. The van der Waals surface area contributed by atoms with Crippen LogP contribution in [0.3, 0.4) is 0 Å². The van der Waals surface area contributed by atoms with Crippen LogP contribution >= 0.6 is 0 Å². The van der Waals surface area contributed by atoms with E-state index in [0.29, 0.717) is 12.2 Å². The zero-order valence-electron chi connectivity index (χ0n) is 9.06. The number of benzene rings is 1. The largest absolute Gasteiger partial charge is 0.491 e. The number of nitrogens with two attached hydrogens (primary N) is 2. The Morgan fingerprint density at radius 2 is 2.19 bits per heavy atom. The van der Waals surface area contributed by atoms with Crippen molar-refractivity contribution in [1.82, 2.24) is 0 Å². The Hall–Kier alpha value is -1.81. The van der Waals surface area contributed by atoms with Crippen LogP contribution in [0.25, 0.3) is 0 Å². The number of amides is 1. The molecule has 1 rings (SSSR count). The topological polar surface area (TPSA) is 78.3 Å². The second-order valence-corrected chi connectivity index (χ2v) is 3.42. The molecule has 0 saturated carbocycles. The van der Waals surface area contributed by atoms with Crippen LogP contribution in [0.2, 0.25) is 0 Å². The molecule has 0 saturated heterocycles. The van der Waals surface area contributed by atoms with Crippen molar-refractivity contribution < 1.29 is 9.53 Å². The van der Waals surface area contributed by atoms with Gasteiger partial charge in [0.25, 0.3) is 0 Å². The minimum Gasteiger partial charge on any atom is -0.491 e. The van der Waals surface area contributed by atoms with E-state index in [9.17, 15) is 4.79 Å². The second-order valence-electron chi connectivity index (χ2n) is 3.42. The van der Waals surface area contributed by atoms with E-state index in [2.05, 4.69) is 6.58 Å². The van der Waals surface area contributed by atoms with Crippen molar-refractivity contribution in [1.29, 1.82) is 0 Å². The van der Waals surface area contributed by atoms with Crippen molar-refractivity contribution in [2.75, 3.05) is 6.61 Å². The molecule has 0 aromatic heterocycles. The van der Waals surface area contributed by atoms with E-state index in [4.69, 9.17) is 16.2 Å². The molecule has 0 aliphatic carbocycles. The molecule has 1 aromatic rings. The van der Waals surface area contributed by atoms with Crippen molar-refractivity contribution in [3.63, 3.8) is 0 Å². The van der Waals surface area contributed by atoms with Crippen LogP contribution in [-0.4, -0.2) is 18.6 Å². The maximum Gasteiger partial charge on any atom is 0.237 e. The average molecular weight is 220 g/mol. The predicted molar refractivity (Wildman–Crippen MR) is 63.0 cm³/mol. The Bertz CT molecular complexity index is 377. The minimum absolute atomic E-state index is 0.0868. The van der Waals surface area contributed by atoms with Crippen LogP contribution in [0.15, 0.2) is 36.9 Å². The fourth-order valence-electron chi connectivity index (χ4n) is 1.23. The highest BCUT2D eigenvalue weighted by Gasteiger charge is 2.10. The number of allylic oxidation sites excluding steroid dienone is 1. The maximum absolute atomic E-state index is 10.7. The molecule has 1 amide bonds. The molecule has 0 heterocycles. The predicted octanol–water partition coefficient (Wildman–Crippen LogP) is 0.607. The third-order valence-corrected chi connectivity index (χ3v) is 2.12. The van der Waals surface area contributed by atoms with E-state index >= 15 is 0 Å². The lowest BCUT2D eigenvalue weighted by Gasteiger charge is -2.12. The summed E-state index contributed by atoms with van der Waals surface area (Å²) in [5.41, 5.74) is 11.5. The summed E-state index contributed by atoms with van der Waals surface area (Å²) in [5.74, 6) is 0.139. The minimum atomic E-state index is -0.781. The van der Waals surface area contributed by atoms with E-state index in [1.807, 2.05) is 24.3 Å². The summed E-state index contributed by atoms with van der Waals surface area (Å²) < 4.78 is 5.44. The fraction of sp³-hybridized carbons (Fsp3) is 0.250. The number of hydrogen-bond acceptors (Lipinski definition) is 3. The first-order chi connectivity index (χ1) is 7.65. The standard InChI is InChI=1S/C12H16N2O2/c1-2-5-9-6-3-4-7-11(9)16-8-10(13)12(14)15/h2-4,6-7,10H,1,5,8,13H2,(H2,14,15). The van der Waals surface area contributed by atoms with Gasteiger partial charge in [0.1, 0.15) is 18.4 Å². The van der Waals surface area contributed by atoms with Gasteiger partial charge in [0.2, 0.25) is 5.91 Å². The zero-order valence-corrected chi connectivity index (χ0v) is 9.06. The van der Waals surface area contributed by atoms with Gasteiger partial charge in [-0.3, -0.25) is 4.79 Å². The summed E-state index contributed by atoms with van der Waals surface area (Å²) in [7, 11) is 0. The van der Waals surface area contributed by atoms with Gasteiger partial charge in [0.05, 0.1) is 0 Å². The highest BCUT2D eigenvalue weighted by Crippen LogP contribution is 2.18. The van der Waals surface area contributed by atoms with Crippen LogP contribution in [0.5, 0.6) is 5.75 Å². The molecule has 0 spiro atoms. The molecule has 86 valence electrons. The van der Waals surface area contributed by atoms with Gasteiger partial charge in [-0.15, -0.1) is 6.58 Å². The number of carbonyl (C=O) groups is 1. The Morgan fingerprint density at radius 3 is 2.81 bits per heavy atom. The van der Waals surface area contributed by atoms with Crippen LogP contribution in [0.4, 0.5) is 0 Å². The van der Waals surface area contributed by atoms with Gasteiger partial charge in [-0.2, -0.15) is 0 Å². The van der Waals surface area contributed by atoms with E-state index in [-0.39, 0.29) is 6.61 Å². The molecular weight excluding hydrogens is 204 g/mol. The van der Waals surface area contributed by atoms with Gasteiger partial charge < -0.3 is 16.2 Å². The van der Waals surface area contributed by atoms with Gasteiger partial charge in [-0.25, -0.2) is 0 Å². The van der Waals surface area contributed by atoms with E-state index < -0.39 is 11.9 Å². The smallest absolute Gasteiger partial charge is 0.237 e. The summed E-state index contributed by atoms with van der Waals surface area (Å²) >= 11 is 0. The normalized spacial score (nSPS) is 11.8. The molecule has 4 nitrogen and oxygen atoms in total. The van der Waals surface area contributed by atoms with Gasteiger partial charge in [0, 0.05) is 0 Å². The molecule has 0 aliphatic heterocycles. The van der Waals surface area contributed by atoms with Crippen LogP contribution in [0.1, 0.15) is 5.56 Å². The molecule has 4 N–H and O–H groups in total. The van der Waals surface area contributed by atoms with E-state index in [0.717, 1.165) is 5.56 Å². The Balaban J connectivity index is 2.65. The third-order valence-electron chi connectivity index (χ3n) is 2.12. The van der Waals surface area contributed by atoms with E-state index in [1.54, 1.807) is 6.08 Å². The molecule has 1 aromatic carbocycles. The zero-order chi connectivity index (χ0) is 12.0. The van der Waals surface area contributed by atoms with Crippen molar-refractivity contribution in [3.8, 4) is 5.75 Å². The number of hydrogen-bond donors (Lipinski definition) is 2. The van der Waals surface area contributed by atoms with Crippen LogP contribution in [0, 0.1) is 0 Å².